The van der Waals surface area contributed by atoms with Crippen LogP contribution < -0.4 is 9.62 Å². The summed E-state index contributed by atoms with van der Waals surface area (Å²) in [5, 5.41) is 12.6. The number of nitrogens with one attached hydrogen (secondary N) is 1. The van der Waals surface area contributed by atoms with Crippen molar-refractivity contribution in [3.8, 4) is 10.6 Å². The average molecular weight is 527 g/mol. The van der Waals surface area contributed by atoms with Gasteiger partial charge >= 0.3 is 0 Å². The summed E-state index contributed by atoms with van der Waals surface area (Å²) < 4.78 is 26.6. The molecule has 0 aliphatic carbocycles. The Hall–Kier alpha value is -3.27. The standard InChI is InChI=1S/C25H23ClN4O3S2/c1-16-5-4-6-17(2)22(16)30(35(3,32)33)15-18-7-9-19(10-8-18)23(31)27-25-29-28-24(34-25)20-11-13-21(26)14-12-20/h4-14H,15H2,1-3H3,(H,27,29,31). The Labute approximate surface area is 213 Å². The second-order valence-corrected chi connectivity index (χ2v) is 11.4. The molecule has 1 N–H and O–H groups in total. The van der Waals surface area contributed by atoms with Crippen molar-refractivity contribution >= 4 is 49.7 Å². The van der Waals surface area contributed by atoms with Crippen LogP contribution in [0.5, 0.6) is 0 Å². The van der Waals surface area contributed by atoms with Crippen molar-refractivity contribution in [1.29, 1.82) is 0 Å². The van der Waals surface area contributed by atoms with Crippen molar-refractivity contribution in [1.82, 2.24) is 10.2 Å². The number of hydrogen-bond donors (Lipinski definition) is 1. The van der Waals surface area contributed by atoms with Crippen LogP contribution in [0.2, 0.25) is 5.02 Å². The van der Waals surface area contributed by atoms with Gasteiger partial charge in [0.25, 0.3) is 5.91 Å². The van der Waals surface area contributed by atoms with E-state index in [9.17, 15) is 13.2 Å². The molecule has 1 heterocycles. The lowest BCUT2D eigenvalue weighted by atomic mass is 10.1. The number of anilines is 2. The number of hydrogen-bond acceptors (Lipinski definition) is 6. The van der Waals surface area contributed by atoms with Crippen LogP contribution in [-0.2, 0) is 16.6 Å². The number of amides is 1. The third-order valence-corrected chi connectivity index (χ3v) is 7.62. The number of nitrogens with zero attached hydrogens (tertiary/aromatic N) is 3. The summed E-state index contributed by atoms with van der Waals surface area (Å²) in [6, 6.07) is 19.7. The van der Waals surface area contributed by atoms with Crippen LogP contribution in [0, 0.1) is 13.8 Å². The van der Waals surface area contributed by atoms with Crippen LogP contribution in [-0.4, -0.2) is 30.8 Å². The highest BCUT2D eigenvalue weighted by Gasteiger charge is 2.21. The molecule has 0 bridgehead atoms. The van der Waals surface area contributed by atoms with Crippen LogP contribution in [0.25, 0.3) is 10.6 Å². The SMILES string of the molecule is Cc1cccc(C)c1N(Cc1ccc(C(=O)Nc2nnc(-c3ccc(Cl)cc3)s2)cc1)S(C)(=O)=O. The van der Waals surface area contributed by atoms with Gasteiger partial charge in [-0.1, -0.05) is 65.4 Å². The summed E-state index contributed by atoms with van der Waals surface area (Å²) in [6.07, 6.45) is 1.20. The molecular weight excluding hydrogens is 504 g/mol. The monoisotopic (exact) mass is 526 g/mol. The molecule has 0 radical (unpaired) electrons. The van der Waals surface area contributed by atoms with Crippen LogP contribution >= 0.6 is 22.9 Å². The van der Waals surface area contributed by atoms with Crippen molar-refractivity contribution in [2.45, 2.75) is 20.4 Å². The normalized spacial score (nSPS) is 11.3. The van der Waals surface area contributed by atoms with E-state index in [2.05, 4.69) is 15.5 Å². The first-order valence-electron chi connectivity index (χ1n) is 10.7. The van der Waals surface area contributed by atoms with Crippen LogP contribution in [0.4, 0.5) is 10.8 Å². The van der Waals surface area contributed by atoms with Crippen molar-refractivity contribution in [2.24, 2.45) is 0 Å². The summed E-state index contributed by atoms with van der Waals surface area (Å²) in [5.41, 5.74) is 4.47. The molecule has 0 atom stereocenters. The number of sulfonamides is 1. The fourth-order valence-corrected chi connectivity index (χ4v) is 5.51. The van der Waals surface area contributed by atoms with E-state index in [1.54, 1.807) is 36.4 Å². The quantitative estimate of drug-likeness (QED) is 0.334. The Morgan fingerprint density at radius 3 is 2.20 bits per heavy atom. The minimum absolute atomic E-state index is 0.160. The summed E-state index contributed by atoms with van der Waals surface area (Å²) in [6.45, 7) is 3.94. The van der Waals surface area contributed by atoms with Crippen molar-refractivity contribution in [3.63, 3.8) is 0 Å². The molecule has 180 valence electrons. The topological polar surface area (TPSA) is 92.3 Å². The zero-order chi connectivity index (χ0) is 25.2. The highest BCUT2D eigenvalue weighted by atomic mass is 35.5. The maximum Gasteiger partial charge on any atom is 0.257 e. The highest BCUT2D eigenvalue weighted by Crippen LogP contribution is 2.29. The number of benzene rings is 3. The van der Waals surface area contributed by atoms with Gasteiger partial charge < -0.3 is 0 Å². The molecule has 4 rings (SSSR count). The molecule has 10 heteroatoms. The van der Waals surface area contributed by atoms with Gasteiger partial charge in [0.1, 0.15) is 5.01 Å². The minimum atomic E-state index is -3.52. The van der Waals surface area contributed by atoms with E-state index in [0.717, 1.165) is 22.3 Å². The fraction of sp³-hybridized carbons (Fsp3) is 0.160. The molecule has 7 nitrogen and oxygen atoms in total. The van der Waals surface area contributed by atoms with E-state index in [1.165, 1.54) is 21.9 Å². The van der Waals surface area contributed by atoms with Gasteiger partial charge in [-0.2, -0.15) is 0 Å². The van der Waals surface area contributed by atoms with Gasteiger partial charge in [-0.3, -0.25) is 14.4 Å². The lowest BCUT2D eigenvalue weighted by Gasteiger charge is -2.26. The van der Waals surface area contributed by atoms with E-state index >= 15 is 0 Å². The second kappa shape index (κ2) is 10.2. The summed E-state index contributed by atoms with van der Waals surface area (Å²) in [5.74, 6) is -0.329. The fourth-order valence-electron chi connectivity index (χ4n) is 3.64. The van der Waals surface area contributed by atoms with E-state index in [1.807, 2.05) is 44.2 Å². The van der Waals surface area contributed by atoms with Crippen molar-refractivity contribution in [3.05, 3.63) is 94.0 Å². The molecule has 1 aromatic heterocycles. The van der Waals surface area contributed by atoms with Gasteiger partial charge in [-0.15, -0.1) is 10.2 Å². The maximum absolute atomic E-state index is 12.7. The second-order valence-electron chi connectivity index (χ2n) is 8.08. The Kier molecular flexibility index (Phi) is 7.20. The Bertz CT molecular complexity index is 1450. The predicted molar refractivity (Wildman–Crippen MR) is 142 cm³/mol. The van der Waals surface area contributed by atoms with Crippen molar-refractivity contribution < 1.29 is 13.2 Å². The minimum Gasteiger partial charge on any atom is -0.296 e. The maximum atomic E-state index is 12.7. The Balaban J connectivity index is 1.48. The molecule has 35 heavy (non-hydrogen) atoms. The Morgan fingerprint density at radius 2 is 1.60 bits per heavy atom. The summed E-state index contributed by atoms with van der Waals surface area (Å²) in [7, 11) is -3.52. The molecule has 0 fully saturated rings. The molecule has 0 aliphatic heterocycles. The van der Waals surface area contributed by atoms with Gasteiger partial charge in [0.05, 0.1) is 18.5 Å². The number of aromatic nitrogens is 2. The Morgan fingerprint density at radius 1 is 0.971 bits per heavy atom. The van der Waals surface area contributed by atoms with Crippen LogP contribution in [0.3, 0.4) is 0 Å². The first-order chi connectivity index (χ1) is 16.6. The first-order valence-corrected chi connectivity index (χ1v) is 13.7. The van der Waals surface area contributed by atoms with Crippen LogP contribution in [0.1, 0.15) is 27.0 Å². The smallest absolute Gasteiger partial charge is 0.257 e. The molecule has 0 saturated carbocycles. The van der Waals surface area contributed by atoms with Gasteiger partial charge in [0.2, 0.25) is 15.2 Å². The molecule has 3 aromatic carbocycles. The first kappa shape index (κ1) is 24.8. The number of aryl methyl sites for hydroxylation is 2. The average Bonchev–Trinajstić information content (AvgIpc) is 3.27. The molecule has 0 saturated heterocycles. The number of rotatable bonds is 7. The van der Waals surface area contributed by atoms with Gasteiger partial charge in [0, 0.05) is 16.1 Å². The zero-order valence-corrected chi connectivity index (χ0v) is 21.7. The van der Waals surface area contributed by atoms with Gasteiger partial charge in [-0.25, -0.2) is 8.42 Å². The van der Waals surface area contributed by atoms with Crippen molar-refractivity contribution in [2.75, 3.05) is 15.9 Å². The van der Waals surface area contributed by atoms with E-state index in [4.69, 9.17) is 11.6 Å². The number of para-hydroxylation sites is 1. The molecule has 0 spiro atoms. The van der Waals surface area contributed by atoms with Gasteiger partial charge in [0.15, 0.2) is 0 Å². The van der Waals surface area contributed by atoms with E-state index in [-0.39, 0.29) is 12.5 Å². The molecule has 4 aromatic rings. The van der Waals surface area contributed by atoms with Crippen LogP contribution in [0.15, 0.2) is 66.7 Å². The molecule has 0 aliphatic rings. The molecule has 0 unspecified atom stereocenters. The number of carbonyl (C=O) groups excluding carboxylic acids is 1. The van der Waals surface area contributed by atoms with E-state index < -0.39 is 10.0 Å². The predicted octanol–water partition coefficient (Wildman–Crippen LogP) is 5.69. The lowest BCUT2D eigenvalue weighted by molar-refractivity contribution is 0.102. The highest BCUT2D eigenvalue weighted by molar-refractivity contribution is 7.92. The van der Waals surface area contributed by atoms with Gasteiger partial charge in [-0.05, 0) is 54.8 Å². The number of carbonyl (C=O) groups is 1. The van der Waals surface area contributed by atoms with E-state index in [0.29, 0.717) is 26.4 Å². The summed E-state index contributed by atoms with van der Waals surface area (Å²) >= 11 is 7.18. The largest absolute Gasteiger partial charge is 0.296 e. The third kappa shape index (κ3) is 5.87. The third-order valence-electron chi connectivity index (χ3n) is 5.37. The number of halogens is 1. The summed E-state index contributed by atoms with van der Waals surface area (Å²) in [4.78, 5) is 12.7. The molecular formula is C25H23ClN4O3S2. The lowest BCUT2D eigenvalue weighted by Crippen LogP contribution is -2.30. The molecule has 1 amide bonds. The zero-order valence-electron chi connectivity index (χ0n) is 19.3.